The third kappa shape index (κ3) is 4.36. The molecule has 0 aromatic carbocycles. The number of carboxylic acids is 1. The van der Waals surface area contributed by atoms with Crippen LogP contribution in [-0.2, 0) is 19.1 Å². The zero-order valence-corrected chi connectivity index (χ0v) is 25.9. The maximum atomic E-state index is 14.0. The fourth-order valence-electron chi connectivity index (χ4n) is 7.24. The van der Waals surface area contributed by atoms with E-state index >= 15 is 0 Å². The molecule has 6 rings (SSSR count). The molecular weight excluding hydrogens is 556 g/mol. The summed E-state index contributed by atoms with van der Waals surface area (Å²) in [7, 11) is 1.27. The first-order chi connectivity index (χ1) is 21.0. The number of nitrogens with one attached hydrogen (secondary N) is 1. The number of rotatable bonds is 6. The highest BCUT2D eigenvalue weighted by Gasteiger charge is 2.54. The van der Waals surface area contributed by atoms with Gasteiger partial charge in [-0.1, -0.05) is 26.5 Å². The topological polar surface area (TPSA) is 130 Å². The summed E-state index contributed by atoms with van der Waals surface area (Å²) in [6.45, 7) is 14.1. The van der Waals surface area contributed by atoms with E-state index in [2.05, 4.69) is 25.7 Å². The molecule has 8 bridgehead atoms. The summed E-state index contributed by atoms with van der Waals surface area (Å²) in [5.74, 6) is -4.15. The molecule has 0 aromatic heterocycles. The van der Waals surface area contributed by atoms with Crippen molar-refractivity contribution in [3.8, 4) is 0 Å². The van der Waals surface area contributed by atoms with Crippen LogP contribution in [0.4, 0.5) is 0 Å². The minimum absolute atomic E-state index is 0.0684. The summed E-state index contributed by atoms with van der Waals surface area (Å²) in [4.78, 5) is 54.0. The van der Waals surface area contributed by atoms with E-state index in [9.17, 15) is 19.5 Å². The number of nitrogens with zero attached hydrogens (tertiary/aromatic N) is 3. The van der Waals surface area contributed by atoms with Crippen molar-refractivity contribution in [2.75, 3.05) is 7.11 Å². The fourth-order valence-corrected chi connectivity index (χ4v) is 7.24. The summed E-state index contributed by atoms with van der Waals surface area (Å²) < 4.78 is 5.14. The number of hydrogen-bond donors (Lipinski definition) is 2. The van der Waals surface area contributed by atoms with Gasteiger partial charge in [0, 0.05) is 40.8 Å². The molecule has 44 heavy (non-hydrogen) atoms. The van der Waals surface area contributed by atoms with Crippen LogP contribution in [0.5, 0.6) is 0 Å². The van der Waals surface area contributed by atoms with Crippen molar-refractivity contribution in [2.45, 2.75) is 53.9 Å². The van der Waals surface area contributed by atoms with Gasteiger partial charge in [-0.3, -0.25) is 19.4 Å². The zero-order valence-electron chi connectivity index (χ0n) is 25.9. The number of ketones is 1. The molecule has 0 spiro atoms. The number of carboxylic acid groups (broad SMARTS) is 1. The lowest BCUT2D eigenvalue weighted by Crippen LogP contribution is -2.27. The van der Waals surface area contributed by atoms with E-state index in [4.69, 9.17) is 19.7 Å². The van der Waals surface area contributed by atoms with Gasteiger partial charge < -0.3 is 15.2 Å². The maximum Gasteiger partial charge on any atom is 0.320 e. The minimum atomic E-state index is -1.16. The van der Waals surface area contributed by atoms with Gasteiger partial charge in [0.25, 0.3) is 0 Å². The summed E-state index contributed by atoms with van der Waals surface area (Å²) in [5, 5.41) is 13.1. The van der Waals surface area contributed by atoms with Crippen molar-refractivity contribution >= 4 is 34.9 Å². The largest absolute Gasteiger partial charge is 0.481 e. The molecule has 9 nitrogen and oxygen atoms in total. The molecule has 5 heterocycles. The number of fused-ring (bicyclic) bond motifs is 5. The third-order valence-electron chi connectivity index (χ3n) is 9.71. The highest BCUT2D eigenvalue weighted by atomic mass is 16.5. The van der Waals surface area contributed by atoms with Crippen LogP contribution in [0.3, 0.4) is 0 Å². The molecule has 2 fully saturated rings. The molecule has 9 heteroatoms. The Balaban J connectivity index is 1.66. The number of esters is 1. The summed E-state index contributed by atoms with van der Waals surface area (Å²) in [6, 6.07) is 0. The molecule has 0 aromatic rings. The Labute approximate surface area is 256 Å². The Bertz CT molecular complexity index is 1780. The average Bonchev–Trinajstić information content (AvgIpc) is 3.72. The fraction of sp³-hybridized carbons (Fsp3) is 0.371. The highest BCUT2D eigenvalue weighted by molar-refractivity contribution is 6.31. The minimum Gasteiger partial charge on any atom is -0.481 e. The zero-order chi connectivity index (χ0) is 31.6. The van der Waals surface area contributed by atoms with E-state index in [-0.39, 0.29) is 24.0 Å². The molecule has 6 aliphatic rings. The molecule has 1 saturated heterocycles. The quantitative estimate of drug-likeness (QED) is 0.310. The second-order valence-corrected chi connectivity index (χ2v) is 12.0. The molecule has 1 saturated carbocycles. The van der Waals surface area contributed by atoms with Crippen LogP contribution in [0.1, 0.15) is 53.9 Å². The lowest BCUT2D eigenvalue weighted by atomic mass is 9.85. The Kier molecular flexibility index (Phi) is 7.22. The Morgan fingerprint density at radius 2 is 1.77 bits per heavy atom. The van der Waals surface area contributed by atoms with Gasteiger partial charge in [0.05, 0.1) is 47.3 Å². The number of aliphatic carboxylic acids is 1. The molecule has 0 amide bonds. The van der Waals surface area contributed by atoms with Crippen molar-refractivity contribution in [1.29, 1.82) is 0 Å². The number of allylic oxidation sites excluding steroid dienone is 10. The van der Waals surface area contributed by atoms with Gasteiger partial charge in [-0.05, 0) is 74.1 Å². The number of hydrogen-bond acceptors (Lipinski definition) is 8. The van der Waals surface area contributed by atoms with Crippen molar-refractivity contribution in [3.05, 3.63) is 92.8 Å². The molecule has 1 aliphatic carbocycles. The molecule has 5 aliphatic heterocycles. The van der Waals surface area contributed by atoms with Crippen molar-refractivity contribution in [3.63, 3.8) is 0 Å². The lowest BCUT2D eigenvalue weighted by Gasteiger charge is -2.19. The normalized spacial score (nSPS) is 27.3. The number of Topliss-reactive ketones (excluding diaryl/α,β-unsaturated/α-hetero) is 1. The number of aliphatic imine (C=N–C) groups is 3. The van der Waals surface area contributed by atoms with E-state index < -0.39 is 23.8 Å². The molecule has 4 atom stereocenters. The van der Waals surface area contributed by atoms with E-state index in [0.29, 0.717) is 29.1 Å². The predicted octanol–water partition coefficient (Wildman–Crippen LogP) is 5.48. The van der Waals surface area contributed by atoms with Gasteiger partial charge in [-0.15, -0.1) is 0 Å². The molecule has 1 unspecified atom stereocenters. The Morgan fingerprint density at radius 3 is 2.43 bits per heavy atom. The molecule has 2 N–H and O–H groups in total. The van der Waals surface area contributed by atoms with Crippen LogP contribution >= 0.6 is 0 Å². The standard InChI is InChI=1S/C35H36N4O5/c1-8-19-15(3)22-12-24-17(5)21(10-11-28(40)41)32(38-24)30-31(35(43)44-7)34(42)29-18(6)25(39-33(29)30)14-27-20(9-2)16(4)23(37-27)13-26(19)36-22/h8,12-14,17,21,29,31,38H,1,9-11H2,2-7H3,(H,40,41)/t17-,21-,29?,31+/m0/s1. The van der Waals surface area contributed by atoms with Gasteiger partial charge in [0.1, 0.15) is 5.92 Å². The first-order valence-corrected chi connectivity index (χ1v) is 15.0. The first kappa shape index (κ1) is 29.4. The van der Waals surface area contributed by atoms with Gasteiger partial charge in [-0.25, -0.2) is 9.98 Å². The predicted molar refractivity (Wildman–Crippen MR) is 169 cm³/mol. The van der Waals surface area contributed by atoms with Crippen LogP contribution in [0.15, 0.2) is 108 Å². The monoisotopic (exact) mass is 592 g/mol. The van der Waals surface area contributed by atoms with E-state index in [1.54, 1.807) is 6.08 Å². The molecular formula is C35H36N4O5. The van der Waals surface area contributed by atoms with Crippen LogP contribution < -0.4 is 5.32 Å². The van der Waals surface area contributed by atoms with Crippen LogP contribution in [0, 0.1) is 23.7 Å². The lowest BCUT2D eigenvalue weighted by molar-refractivity contribution is -0.147. The number of methoxy groups -OCH3 is 1. The summed E-state index contributed by atoms with van der Waals surface area (Å²) in [6.07, 6.45) is 8.71. The average molecular weight is 593 g/mol. The van der Waals surface area contributed by atoms with Crippen LogP contribution in [0.25, 0.3) is 0 Å². The van der Waals surface area contributed by atoms with Gasteiger partial charge in [0.2, 0.25) is 0 Å². The number of carbonyl (C=O) groups excluding carboxylic acids is 2. The van der Waals surface area contributed by atoms with E-state index in [0.717, 1.165) is 62.8 Å². The SMILES string of the molecule is C=CC1=C(C)C2=NC1=CC1=NC(=CC3=C(C)C4C(=O)[C@H](C(=O)OC)C(=C5NC(=C2)[C@@H](C)[C@@H]5CCC(=O)O)C4=N3)C(CC)=C1C. The number of carbonyl (C=O) groups is 3. The number of ether oxygens (including phenoxy) is 1. The Morgan fingerprint density at radius 1 is 1.07 bits per heavy atom. The van der Waals surface area contributed by atoms with Crippen molar-refractivity contribution in [1.82, 2.24) is 5.32 Å². The van der Waals surface area contributed by atoms with Crippen LogP contribution in [-0.4, -0.2) is 47.1 Å². The van der Waals surface area contributed by atoms with Crippen molar-refractivity contribution < 1.29 is 24.2 Å². The smallest absolute Gasteiger partial charge is 0.320 e. The molecule has 226 valence electrons. The van der Waals surface area contributed by atoms with Crippen molar-refractivity contribution in [2.24, 2.45) is 38.6 Å². The first-order valence-electron chi connectivity index (χ1n) is 15.0. The van der Waals surface area contributed by atoms with E-state index in [1.165, 1.54) is 7.11 Å². The van der Waals surface area contributed by atoms with Gasteiger partial charge >= 0.3 is 11.9 Å². The second kappa shape index (κ2) is 10.8. The molecule has 0 radical (unpaired) electrons. The summed E-state index contributed by atoms with van der Waals surface area (Å²) in [5.41, 5.74) is 11.0. The third-order valence-corrected chi connectivity index (χ3v) is 9.71. The van der Waals surface area contributed by atoms with E-state index in [1.807, 2.05) is 39.0 Å². The van der Waals surface area contributed by atoms with Crippen LogP contribution in [0.2, 0.25) is 0 Å². The van der Waals surface area contributed by atoms with Gasteiger partial charge in [0.15, 0.2) is 5.78 Å². The highest BCUT2D eigenvalue weighted by Crippen LogP contribution is 2.48. The van der Waals surface area contributed by atoms with Gasteiger partial charge in [-0.2, -0.15) is 0 Å². The second-order valence-electron chi connectivity index (χ2n) is 12.0. The maximum absolute atomic E-state index is 14.0. The summed E-state index contributed by atoms with van der Waals surface area (Å²) >= 11 is 0. The Hall–Kier alpha value is -4.66.